The molecule has 0 spiro atoms. The lowest BCUT2D eigenvalue weighted by Gasteiger charge is -2.30. The first-order valence-corrected chi connectivity index (χ1v) is 4.48. The molecule has 5 nitrogen and oxygen atoms in total. The van der Waals surface area contributed by atoms with Crippen molar-refractivity contribution in [2.24, 2.45) is 5.92 Å². The van der Waals surface area contributed by atoms with Crippen LogP contribution in [0.1, 0.15) is 20.3 Å². The molecule has 14 heavy (non-hydrogen) atoms. The highest BCUT2D eigenvalue weighted by molar-refractivity contribution is 5.81. The van der Waals surface area contributed by atoms with Crippen molar-refractivity contribution in [3.05, 3.63) is 0 Å². The molecule has 0 aromatic rings. The number of carbonyl (C=O) groups is 1. The molecule has 0 saturated carbocycles. The highest BCUT2D eigenvalue weighted by Gasteiger charge is 2.30. The number of rotatable bonds is 5. The standard InChI is InChI=1S/C9H16N2O3/c1-3-9(5-12,6-13)11-8(14)7(2)4-10/h7,12-13H,3,5-6H2,1-2H3,(H,11,14). The van der Waals surface area contributed by atoms with Crippen LogP contribution in [0.3, 0.4) is 0 Å². The summed E-state index contributed by atoms with van der Waals surface area (Å²) in [6.07, 6.45) is 0.407. The number of nitriles is 1. The fourth-order valence-electron chi connectivity index (χ4n) is 0.869. The van der Waals surface area contributed by atoms with Crippen LogP contribution in [0.4, 0.5) is 0 Å². The van der Waals surface area contributed by atoms with Gasteiger partial charge in [-0.3, -0.25) is 4.79 Å². The van der Waals surface area contributed by atoms with Crippen molar-refractivity contribution >= 4 is 5.91 Å². The molecule has 0 aromatic carbocycles. The van der Waals surface area contributed by atoms with Crippen molar-refractivity contribution in [1.82, 2.24) is 5.32 Å². The van der Waals surface area contributed by atoms with Gasteiger partial charge in [-0.2, -0.15) is 5.26 Å². The first kappa shape index (κ1) is 12.9. The van der Waals surface area contributed by atoms with Crippen molar-refractivity contribution in [2.75, 3.05) is 13.2 Å². The van der Waals surface area contributed by atoms with Crippen LogP contribution in [0, 0.1) is 17.2 Å². The molecule has 0 bridgehead atoms. The van der Waals surface area contributed by atoms with Crippen LogP contribution < -0.4 is 5.32 Å². The molecule has 0 radical (unpaired) electrons. The van der Waals surface area contributed by atoms with E-state index in [1.54, 1.807) is 13.0 Å². The molecule has 1 atom stereocenters. The van der Waals surface area contributed by atoms with Crippen molar-refractivity contribution in [3.63, 3.8) is 0 Å². The smallest absolute Gasteiger partial charge is 0.237 e. The number of amides is 1. The Morgan fingerprint density at radius 1 is 1.57 bits per heavy atom. The van der Waals surface area contributed by atoms with Gasteiger partial charge in [-0.25, -0.2) is 0 Å². The van der Waals surface area contributed by atoms with Crippen LogP contribution in [0.25, 0.3) is 0 Å². The Labute approximate surface area is 83.4 Å². The third-order valence-corrected chi connectivity index (χ3v) is 2.26. The minimum Gasteiger partial charge on any atom is -0.394 e. The third-order valence-electron chi connectivity index (χ3n) is 2.26. The Kier molecular flexibility index (Phi) is 5.13. The Morgan fingerprint density at radius 3 is 2.36 bits per heavy atom. The Balaban J connectivity index is 4.46. The van der Waals surface area contributed by atoms with Gasteiger partial charge in [-0.1, -0.05) is 6.92 Å². The number of hydrogen-bond donors (Lipinski definition) is 3. The molecule has 0 aliphatic heterocycles. The van der Waals surface area contributed by atoms with Crippen molar-refractivity contribution < 1.29 is 15.0 Å². The molecule has 0 aromatic heterocycles. The topological polar surface area (TPSA) is 93.3 Å². The lowest BCUT2D eigenvalue weighted by Crippen LogP contribution is -2.55. The second-order valence-electron chi connectivity index (χ2n) is 3.29. The average molecular weight is 200 g/mol. The minimum atomic E-state index is -1.01. The summed E-state index contributed by atoms with van der Waals surface area (Å²) in [6.45, 7) is 2.52. The molecule has 1 unspecified atom stereocenters. The SMILES string of the molecule is CCC(CO)(CO)NC(=O)C(C)C#N. The predicted molar refractivity (Wildman–Crippen MR) is 50.1 cm³/mol. The van der Waals surface area contributed by atoms with E-state index in [0.29, 0.717) is 6.42 Å². The fourth-order valence-corrected chi connectivity index (χ4v) is 0.869. The lowest BCUT2D eigenvalue weighted by molar-refractivity contribution is -0.126. The molecule has 0 fully saturated rings. The maximum absolute atomic E-state index is 11.3. The second-order valence-corrected chi connectivity index (χ2v) is 3.29. The molecule has 0 aliphatic rings. The Hall–Kier alpha value is -1.12. The molecular formula is C9H16N2O3. The van der Waals surface area contributed by atoms with Crippen molar-refractivity contribution in [3.8, 4) is 6.07 Å². The van der Waals surface area contributed by atoms with E-state index < -0.39 is 17.4 Å². The molecule has 0 heterocycles. The highest BCUT2D eigenvalue weighted by atomic mass is 16.3. The van der Waals surface area contributed by atoms with Gasteiger partial charge in [0.05, 0.1) is 24.8 Å². The monoisotopic (exact) mass is 200 g/mol. The number of carbonyl (C=O) groups excluding carboxylic acids is 1. The summed E-state index contributed by atoms with van der Waals surface area (Å²) in [6, 6.07) is 1.78. The van der Waals surface area contributed by atoms with E-state index >= 15 is 0 Å². The number of nitrogens with one attached hydrogen (secondary N) is 1. The summed E-state index contributed by atoms with van der Waals surface area (Å²) in [4.78, 5) is 11.3. The highest BCUT2D eigenvalue weighted by Crippen LogP contribution is 2.09. The normalized spacial score (nSPS) is 13.1. The summed E-state index contributed by atoms with van der Waals surface area (Å²) in [5, 5.41) is 29.0. The molecule has 3 N–H and O–H groups in total. The first-order valence-electron chi connectivity index (χ1n) is 4.48. The fraction of sp³-hybridized carbons (Fsp3) is 0.778. The lowest BCUT2D eigenvalue weighted by atomic mass is 9.97. The molecule has 5 heteroatoms. The summed E-state index contributed by atoms with van der Waals surface area (Å²) in [5.74, 6) is -1.25. The first-order chi connectivity index (χ1) is 6.55. The molecular weight excluding hydrogens is 184 g/mol. The Morgan fingerprint density at radius 2 is 2.07 bits per heavy atom. The summed E-state index contributed by atoms with van der Waals surface area (Å²) in [5.41, 5.74) is -1.01. The zero-order chi connectivity index (χ0) is 11.2. The summed E-state index contributed by atoms with van der Waals surface area (Å²) >= 11 is 0. The number of aliphatic hydroxyl groups excluding tert-OH is 2. The van der Waals surface area contributed by atoms with E-state index in [4.69, 9.17) is 15.5 Å². The quantitative estimate of drug-likeness (QED) is 0.552. The third kappa shape index (κ3) is 2.98. The summed E-state index contributed by atoms with van der Waals surface area (Å²) in [7, 11) is 0. The molecule has 80 valence electrons. The minimum absolute atomic E-state index is 0.343. The molecule has 0 rings (SSSR count). The van der Waals surface area contributed by atoms with Crippen LogP contribution >= 0.6 is 0 Å². The van der Waals surface area contributed by atoms with Gasteiger partial charge in [0, 0.05) is 0 Å². The second kappa shape index (κ2) is 5.58. The van der Waals surface area contributed by atoms with E-state index in [1.807, 2.05) is 0 Å². The van der Waals surface area contributed by atoms with Gasteiger partial charge in [0.1, 0.15) is 5.92 Å². The van der Waals surface area contributed by atoms with E-state index in [2.05, 4.69) is 5.32 Å². The largest absolute Gasteiger partial charge is 0.394 e. The van der Waals surface area contributed by atoms with E-state index in [-0.39, 0.29) is 13.2 Å². The van der Waals surface area contributed by atoms with Gasteiger partial charge in [0.25, 0.3) is 0 Å². The number of hydrogen-bond acceptors (Lipinski definition) is 4. The predicted octanol–water partition coefficient (Wildman–Crippen LogP) is -0.604. The van der Waals surface area contributed by atoms with Gasteiger partial charge in [0.15, 0.2) is 0 Å². The van der Waals surface area contributed by atoms with Gasteiger partial charge >= 0.3 is 0 Å². The number of aliphatic hydroxyl groups is 2. The molecule has 0 aliphatic carbocycles. The van der Waals surface area contributed by atoms with Crippen LogP contribution in [-0.2, 0) is 4.79 Å². The van der Waals surface area contributed by atoms with Gasteiger partial charge in [-0.15, -0.1) is 0 Å². The van der Waals surface area contributed by atoms with Crippen LogP contribution in [0.15, 0.2) is 0 Å². The van der Waals surface area contributed by atoms with E-state index in [1.165, 1.54) is 6.92 Å². The Bertz CT molecular complexity index is 222. The zero-order valence-electron chi connectivity index (χ0n) is 8.45. The van der Waals surface area contributed by atoms with Gasteiger partial charge < -0.3 is 15.5 Å². The zero-order valence-corrected chi connectivity index (χ0v) is 8.45. The average Bonchev–Trinajstić information content (AvgIpc) is 2.24. The van der Waals surface area contributed by atoms with Crippen molar-refractivity contribution in [1.29, 1.82) is 5.26 Å². The number of nitrogens with zero attached hydrogens (tertiary/aromatic N) is 1. The van der Waals surface area contributed by atoms with Gasteiger partial charge in [-0.05, 0) is 13.3 Å². The van der Waals surface area contributed by atoms with Crippen molar-refractivity contribution in [2.45, 2.75) is 25.8 Å². The maximum Gasteiger partial charge on any atom is 0.237 e. The van der Waals surface area contributed by atoms with Gasteiger partial charge in [0.2, 0.25) is 5.91 Å². The van der Waals surface area contributed by atoms with E-state index in [0.717, 1.165) is 0 Å². The van der Waals surface area contributed by atoms with E-state index in [9.17, 15) is 4.79 Å². The summed E-state index contributed by atoms with van der Waals surface area (Å²) < 4.78 is 0. The molecule has 0 saturated heterocycles. The maximum atomic E-state index is 11.3. The van der Waals surface area contributed by atoms with Crippen LogP contribution in [-0.4, -0.2) is 34.9 Å². The molecule has 1 amide bonds. The van der Waals surface area contributed by atoms with Crippen LogP contribution in [0.2, 0.25) is 0 Å². The van der Waals surface area contributed by atoms with Crippen LogP contribution in [0.5, 0.6) is 0 Å².